The van der Waals surface area contributed by atoms with Gasteiger partial charge in [-0.05, 0) is 68.0 Å². The van der Waals surface area contributed by atoms with E-state index in [0.29, 0.717) is 5.92 Å². The zero-order valence-corrected chi connectivity index (χ0v) is 12.0. The van der Waals surface area contributed by atoms with Gasteiger partial charge in [-0.2, -0.15) is 13.2 Å². The van der Waals surface area contributed by atoms with Crippen molar-refractivity contribution in [1.29, 1.82) is 0 Å². The van der Waals surface area contributed by atoms with Gasteiger partial charge in [0.05, 0.1) is 5.56 Å². The summed E-state index contributed by atoms with van der Waals surface area (Å²) in [7, 11) is 0. The van der Waals surface area contributed by atoms with E-state index in [0.717, 1.165) is 55.5 Å². The van der Waals surface area contributed by atoms with Gasteiger partial charge in [0.2, 0.25) is 0 Å². The zero-order chi connectivity index (χ0) is 15.0. The highest BCUT2D eigenvalue weighted by Gasteiger charge is 2.34. The van der Waals surface area contributed by atoms with Crippen LogP contribution in [0, 0.1) is 0 Å². The predicted octanol–water partition coefficient (Wildman–Crippen LogP) is 4.61. The van der Waals surface area contributed by atoms with Crippen LogP contribution in [-0.2, 0) is 6.18 Å². The Kier molecular flexibility index (Phi) is 3.82. The van der Waals surface area contributed by atoms with Crippen LogP contribution in [0.2, 0.25) is 0 Å². The molecule has 0 spiro atoms. The molecule has 0 bridgehead atoms. The van der Waals surface area contributed by atoms with Crippen LogP contribution in [0.1, 0.15) is 54.2 Å². The van der Waals surface area contributed by atoms with E-state index in [1.165, 1.54) is 12.1 Å². The molecule has 114 valence electrons. The van der Waals surface area contributed by atoms with Crippen LogP contribution < -0.4 is 5.32 Å². The number of rotatable bonds is 2. The third-order valence-electron chi connectivity index (χ3n) is 4.82. The molecular weight excluding hydrogens is 275 g/mol. The molecule has 0 amide bonds. The zero-order valence-electron chi connectivity index (χ0n) is 12.0. The first-order valence-electron chi connectivity index (χ1n) is 7.56. The fraction of sp³-hybridized carbons (Fsp3) is 0.529. The Hall–Kier alpha value is -1.29. The SMILES string of the molecule is C=C1CC[C@@H]1c1cc(C(F)(F)F)ccc1C1CCNCC1. The smallest absolute Gasteiger partial charge is 0.317 e. The molecule has 0 aromatic heterocycles. The van der Waals surface area contributed by atoms with E-state index in [-0.39, 0.29) is 5.92 Å². The summed E-state index contributed by atoms with van der Waals surface area (Å²) in [4.78, 5) is 0. The highest BCUT2D eigenvalue weighted by molar-refractivity contribution is 5.44. The van der Waals surface area contributed by atoms with Crippen molar-refractivity contribution in [2.45, 2.75) is 43.7 Å². The summed E-state index contributed by atoms with van der Waals surface area (Å²) in [5.74, 6) is 0.495. The van der Waals surface area contributed by atoms with Crippen molar-refractivity contribution in [3.63, 3.8) is 0 Å². The molecule has 1 heterocycles. The van der Waals surface area contributed by atoms with Crippen LogP contribution >= 0.6 is 0 Å². The van der Waals surface area contributed by atoms with Crippen molar-refractivity contribution in [3.8, 4) is 0 Å². The summed E-state index contributed by atoms with van der Waals surface area (Å²) in [6, 6.07) is 4.31. The van der Waals surface area contributed by atoms with Gasteiger partial charge in [-0.15, -0.1) is 0 Å². The minimum Gasteiger partial charge on any atom is -0.317 e. The summed E-state index contributed by atoms with van der Waals surface area (Å²) in [6.07, 6.45) is -0.410. The van der Waals surface area contributed by atoms with Crippen molar-refractivity contribution in [2.75, 3.05) is 13.1 Å². The highest BCUT2D eigenvalue weighted by Crippen LogP contribution is 2.46. The molecule has 2 fully saturated rings. The maximum Gasteiger partial charge on any atom is 0.416 e. The van der Waals surface area contributed by atoms with Gasteiger partial charge in [0.1, 0.15) is 0 Å². The fourth-order valence-corrected chi connectivity index (χ4v) is 3.43. The summed E-state index contributed by atoms with van der Waals surface area (Å²) < 4.78 is 39.0. The molecule has 1 aromatic carbocycles. The predicted molar refractivity (Wildman–Crippen MR) is 77.4 cm³/mol. The number of piperidine rings is 1. The first kappa shape index (κ1) is 14.6. The number of hydrogen-bond acceptors (Lipinski definition) is 1. The minimum absolute atomic E-state index is 0.122. The Morgan fingerprint density at radius 3 is 2.29 bits per heavy atom. The topological polar surface area (TPSA) is 12.0 Å². The summed E-state index contributed by atoms with van der Waals surface area (Å²) in [5.41, 5.74) is 2.52. The number of benzene rings is 1. The molecule has 3 rings (SSSR count). The van der Waals surface area contributed by atoms with Crippen LogP contribution in [0.5, 0.6) is 0 Å². The molecule has 1 saturated heterocycles. The van der Waals surface area contributed by atoms with Gasteiger partial charge in [0, 0.05) is 5.92 Å². The molecule has 1 nitrogen and oxygen atoms in total. The summed E-state index contributed by atoms with van der Waals surface area (Å²) >= 11 is 0. The van der Waals surface area contributed by atoms with E-state index in [9.17, 15) is 13.2 Å². The van der Waals surface area contributed by atoms with Crippen molar-refractivity contribution in [2.24, 2.45) is 0 Å². The van der Waals surface area contributed by atoms with Crippen molar-refractivity contribution in [1.82, 2.24) is 5.32 Å². The van der Waals surface area contributed by atoms with Crippen molar-refractivity contribution >= 4 is 0 Å². The lowest BCUT2D eigenvalue weighted by molar-refractivity contribution is -0.137. The quantitative estimate of drug-likeness (QED) is 0.786. The Labute approximate surface area is 123 Å². The first-order chi connectivity index (χ1) is 9.97. The van der Waals surface area contributed by atoms with Crippen LogP contribution in [0.3, 0.4) is 0 Å². The number of halogens is 3. The Morgan fingerprint density at radius 1 is 1.05 bits per heavy atom. The monoisotopic (exact) mass is 295 g/mol. The maximum atomic E-state index is 13.0. The van der Waals surface area contributed by atoms with E-state index in [4.69, 9.17) is 0 Å². The summed E-state index contributed by atoms with van der Waals surface area (Å²) in [5, 5.41) is 3.31. The Bertz CT molecular complexity index is 541. The van der Waals surface area contributed by atoms with Gasteiger partial charge in [-0.1, -0.05) is 18.2 Å². The van der Waals surface area contributed by atoms with E-state index >= 15 is 0 Å². The number of allylic oxidation sites excluding steroid dienone is 1. The van der Waals surface area contributed by atoms with Gasteiger partial charge in [0.25, 0.3) is 0 Å². The molecule has 0 radical (unpaired) electrons. The number of alkyl halides is 3. The normalized spacial score (nSPS) is 24.0. The van der Waals surface area contributed by atoms with E-state index in [2.05, 4.69) is 11.9 Å². The molecular formula is C17H20F3N. The molecule has 0 unspecified atom stereocenters. The molecule has 1 saturated carbocycles. The molecule has 2 aliphatic rings. The largest absolute Gasteiger partial charge is 0.416 e. The van der Waals surface area contributed by atoms with E-state index in [1.807, 2.05) is 0 Å². The van der Waals surface area contributed by atoms with E-state index in [1.54, 1.807) is 6.07 Å². The number of hydrogen-bond donors (Lipinski definition) is 1. The fourth-order valence-electron chi connectivity index (χ4n) is 3.43. The summed E-state index contributed by atoms with van der Waals surface area (Å²) in [6.45, 7) is 5.89. The van der Waals surface area contributed by atoms with Crippen molar-refractivity contribution in [3.05, 3.63) is 47.0 Å². The van der Waals surface area contributed by atoms with Crippen LogP contribution in [0.25, 0.3) is 0 Å². The Balaban J connectivity index is 1.99. The van der Waals surface area contributed by atoms with Gasteiger partial charge < -0.3 is 5.32 Å². The lowest BCUT2D eigenvalue weighted by Crippen LogP contribution is -2.28. The van der Waals surface area contributed by atoms with Crippen LogP contribution in [-0.4, -0.2) is 13.1 Å². The van der Waals surface area contributed by atoms with Crippen molar-refractivity contribution < 1.29 is 13.2 Å². The van der Waals surface area contributed by atoms with E-state index < -0.39 is 11.7 Å². The molecule has 1 aliphatic heterocycles. The first-order valence-corrected chi connectivity index (χ1v) is 7.56. The third-order valence-corrected chi connectivity index (χ3v) is 4.82. The standard InChI is InChI=1S/C17H20F3N/c1-11-2-4-14(11)16-10-13(17(18,19)20)3-5-15(16)12-6-8-21-9-7-12/h3,5,10,12,14,21H,1-2,4,6-9H2/t14-/m0/s1. The van der Waals surface area contributed by atoms with Gasteiger partial charge in [0.15, 0.2) is 0 Å². The second kappa shape index (κ2) is 5.48. The van der Waals surface area contributed by atoms with Gasteiger partial charge in [-0.3, -0.25) is 0 Å². The second-order valence-electron chi connectivity index (χ2n) is 6.12. The minimum atomic E-state index is -4.27. The molecule has 1 aromatic rings. The lowest BCUT2D eigenvalue weighted by atomic mass is 9.71. The van der Waals surface area contributed by atoms with Crippen LogP contribution in [0.15, 0.2) is 30.4 Å². The highest BCUT2D eigenvalue weighted by atomic mass is 19.4. The molecule has 4 heteroatoms. The molecule has 1 N–H and O–H groups in total. The average Bonchev–Trinajstić information content (AvgIpc) is 2.45. The number of nitrogens with one attached hydrogen (secondary N) is 1. The maximum absolute atomic E-state index is 13.0. The van der Waals surface area contributed by atoms with Gasteiger partial charge in [-0.25, -0.2) is 0 Å². The molecule has 1 atom stereocenters. The second-order valence-corrected chi connectivity index (χ2v) is 6.12. The average molecular weight is 295 g/mol. The molecule has 1 aliphatic carbocycles. The van der Waals surface area contributed by atoms with Gasteiger partial charge >= 0.3 is 6.18 Å². The third kappa shape index (κ3) is 2.86. The Morgan fingerprint density at radius 2 is 1.76 bits per heavy atom. The molecule has 21 heavy (non-hydrogen) atoms. The lowest BCUT2D eigenvalue weighted by Gasteiger charge is -2.34. The van der Waals surface area contributed by atoms with Crippen LogP contribution in [0.4, 0.5) is 13.2 Å².